The monoisotopic (exact) mass is 260 g/mol. The van der Waals surface area contributed by atoms with E-state index in [0.29, 0.717) is 18.0 Å². The Hall–Kier alpha value is -1.31. The summed E-state index contributed by atoms with van der Waals surface area (Å²) in [6.45, 7) is 0.525. The summed E-state index contributed by atoms with van der Waals surface area (Å²) < 4.78 is 35.8. The highest BCUT2D eigenvalue weighted by Gasteiger charge is 2.15. The van der Waals surface area contributed by atoms with Gasteiger partial charge in [-0.2, -0.15) is 0 Å². The third-order valence-electron chi connectivity index (χ3n) is 2.11. The third kappa shape index (κ3) is 3.58. The van der Waals surface area contributed by atoms with E-state index in [2.05, 4.69) is 4.72 Å². The van der Waals surface area contributed by atoms with Crippen LogP contribution in [0.5, 0.6) is 5.75 Å². The molecule has 3 N–H and O–H groups in total. The summed E-state index contributed by atoms with van der Waals surface area (Å²) in [7, 11) is -0.616. The van der Waals surface area contributed by atoms with Gasteiger partial charge in [0.15, 0.2) is 0 Å². The van der Waals surface area contributed by atoms with Crippen LogP contribution in [-0.2, 0) is 14.8 Å². The van der Waals surface area contributed by atoms with Crippen LogP contribution >= 0.6 is 0 Å². The van der Waals surface area contributed by atoms with Gasteiger partial charge in [-0.15, -0.1) is 0 Å². The number of methoxy groups -OCH3 is 2. The van der Waals surface area contributed by atoms with Crippen molar-refractivity contribution >= 4 is 15.7 Å². The molecule has 0 unspecified atom stereocenters. The Morgan fingerprint density at radius 1 is 1.35 bits per heavy atom. The lowest BCUT2D eigenvalue weighted by atomic mass is 10.3. The molecule has 0 aromatic heterocycles. The molecule has 1 aromatic carbocycles. The molecule has 0 radical (unpaired) electrons. The topological polar surface area (TPSA) is 90.7 Å². The van der Waals surface area contributed by atoms with Crippen LogP contribution in [0.25, 0.3) is 0 Å². The van der Waals surface area contributed by atoms with Crippen LogP contribution < -0.4 is 15.2 Å². The number of benzene rings is 1. The number of nitrogens with one attached hydrogen (secondary N) is 1. The molecule has 0 fully saturated rings. The molecule has 1 rings (SSSR count). The molecule has 0 aliphatic carbocycles. The van der Waals surface area contributed by atoms with Crippen molar-refractivity contribution in [2.75, 3.05) is 33.1 Å². The summed E-state index contributed by atoms with van der Waals surface area (Å²) in [6.07, 6.45) is 0. The zero-order valence-electron chi connectivity index (χ0n) is 9.76. The summed E-state index contributed by atoms with van der Waals surface area (Å²) >= 11 is 0. The first-order chi connectivity index (χ1) is 8.01. The Balaban J connectivity index is 2.91. The molecule has 0 spiro atoms. The van der Waals surface area contributed by atoms with Crippen molar-refractivity contribution in [1.82, 2.24) is 4.72 Å². The summed E-state index contributed by atoms with van der Waals surface area (Å²) in [5.74, 6) is 0.333. The van der Waals surface area contributed by atoms with Crippen molar-refractivity contribution in [1.29, 1.82) is 0 Å². The molecule has 0 aliphatic heterocycles. The van der Waals surface area contributed by atoms with E-state index in [-0.39, 0.29) is 11.4 Å². The minimum absolute atomic E-state index is 0.111. The minimum atomic E-state index is -3.55. The lowest BCUT2D eigenvalue weighted by molar-refractivity contribution is 0.204. The normalized spacial score (nSPS) is 11.4. The van der Waals surface area contributed by atoms with Crippen LogP contribution in [0.3, 0.4) is 0 Å². The predicted octanol–water partition coefficient (Wildman–Crippen LogP) is 0.202. The summed E-state index contributed by atoms with van der Waals surface area (Å²) in [4.78, 5) is 0.111. The summed E-state index contributed by atoms with van der Waals surface area (Å²) in [6, 6.07) is 4.29. The average molecular weight is 260 g/mol. The van der Waals surface area contributed by atoms with Gasteiger partial charge in [0.1, 0.15) is 5.75 Å². The van der Waals surface area contributed by atoms with Gasteiger partial charge >= 0.3 is 0 Å². The Morgan fingerprint density at radius 2 is 2.06 bits per heavy atom. The van der Waals surface area contributed by atoms with Crippen LogP contribution in [0, 0.1) is 0 Å². The van der Waals surface area contributed by atoms with Crippen LogP contribution in [0.15, 0.2) is 23.1 Å². The molecule has 17 heavy (non-hydrogen) atoms. The highest BCUT2D eigenvalue weighted by molar-refractivity contribution is 7.89. The SMILES string of the molecule is COCCNS(=O)(=O)c1ccc(N)c(OC)c1. The number of hydrogen-bond acceptors (Lipinski definition) is 5. The van der Waals surface area contributed by atoms with Crippen LogP contribution in [0.4, 0.5) is 5.69 Å². The van der Waals surface area contributed by atoms with E-state index >= 15 is 0 Å². The molecule has 0 amide bonds. The molecule has 1 aromatic rings. The standard InChI is InChI=1S/C10H16N2O4S/c1-15-6-5-12-17(13,14)8-3-4-9(11)10(7-8)16-2/h3-4,7,12H,5-6,11H2,1-2H3. The first kappa shape index (κ1) is 13.8. The Labute approximate surface area is 101 Å². The van der Waals surface area contributed by atoms with Gasteiger partial charge in [0, 0.05) is 19.7 Å². The lowest BCUT2D eigenvalue weighted by Crippen LogP contribution is -2.27. The molecule has 0 saturated heterocycles. The molecule has 0 saturated carbocycles. The van der Waals surface area contributed by atoms with Crippen molar-refractivity contribution in [3.8, 4) is 5.75 Å². The van der Waals surface area contributed by atoms with Gasteiger partial charge < -0.3 is 15.2 Å². The van der Waals surface area contributed by atoms with E-state index in [1.165, 1.54) is 32.4 Å². The second-order valence-electron chi connectivity index (χ2n) is 3.29. The molecule has 6 nitrogen and oxygen atoms in total. The van der Waals surface area contributed by atoms with E-state index in [1.807, 2.05) is 0 Å². The number of nitrogens with two attached hydrogens (primary N) is 1. The van der Waals surface area contributed by atoms with Gasteiger partial charge in [-0.25, -0.2) is 13.1 Å². The number of nitrogen functional groups attached to an aromatic ring is 1. The van der Waals surface area contributed by atoms with Gasteiger partial charge in [0.2, 0.25) is 10.0 Å². The quantitative estimate of drug-likeness (QED) is 0.563. The fourth-order valence-corrected chi connectivity index (χ4v) is 2.25. The smallest absolute Gasteiger partial charge is 0.240 e. The molecule has 96 valence electrons. The Kier molecular flexibility index (Phi) is 4.73. The predicted molar refractivity (Wildman–Crippen MR) is 64.5 cm³/mol. The fraction of sp³-hybridized carbons (Fsp3) is 0.400. The lowest BCUT2D eigenvalue weighted by Gasteiger charge is -2.09. The van der Waals surface area contributed by atoms with Crippen molar-refractivity contribution in [3.05, 3.63) is 18.2 Å². The molecule has 0 heterocycles. The van der Waals surface area contributed by atoms with Crippen LogP contribution in [0.2, 0.25) is 0 Å². The number of hydrogen-bond donors (Lipinski definition) is 2. The second-order valence-corrected chi connectivity index (χ2v) is 5.06. The van der Waals surface area contributed by atoms with Crippen LogP contribution in [0.1, 0.15) is 0 Å². The number of anilines is 1. The van der Waals surface area contributed by atoms with Crippen molar-refractivity contribution in [2.24, 2.45) is 0 Å². The largest absolute Gasteiger partial charge is 0.495 e. The molecule has 0 atom stereocenters. The fourth-order valence-electron chi connectivity index (χ4n) is 1.22. The highest BCUT2D eigenvalue weighted by atomic mass is 32.2. The first-order valence-corrected chi connectivity index (χ1v) is 6.41. The maximum Gasteiger partial charge on any atom is 0.240 e. The summed E-state index contributed by atoms with van der Waals surface area (Å²) in [5.41, 5.74) is 6.00. The summed E-state index contributed by atoms with van der Waals surface area (Å²) in [5, 5.41) is 0. The second kappa shape index (κ2) is 5.85. The molecular formula is C10H16N2O4S. The highest BCUT2D eigenvalue weighted by Crippen LogP contribution is 2.24. The van der Waals surface area contributed by atoms with E-state index in [1.54, 1.807) is 0 Å². The van der Waals surface area contributed by atoms with E-state index in [4.69, 9.17) is 15.2 Å². The molecule has 0 aliphatic rings. The van der Waals surface area contributed by atoms with E-state index < -0.39 is 10.0 Å². The van der Waals surface area contributed by atoms with Crippen molar-refractivity contribution in [3.63, 3.8) is 0 Å². The van der Waals surface area contributed by atoms with Crippen LogP contribution in [-0.4, -0.2) is 35.8 Å². The molecule has 7 heteroatoms. The average Bonchev–Trinajstić information content (AvgIpc) is 2.29. The number of sulfonamides is 1. The minimum Gasteiger partial charge on any atom is -0.495 e. The van der Waals surface area contributed by atoms with Gasteiger partial charge in [-0.3, -0.25) is 0 Å². The van der Waals surface area contributed by atoms with Gasteiger partial charge in [0.25, 0.3) is 0 Å². The first-order valence-electron chi connectivity index (χ1n) is 4.93. The maximum absolute atomic E-state index is 11.8. The van der Waals surface area contributed by atoms with Gasteiger partial charge in [0.05, 0.1) is 24.3 Å². The number of rotatable bonds is 6. The molecule has 0 bridgehead atoms. The van der Waals surface area contributed by atoms with Crippen molar-refractivity contribution < 1.29 is 17.9 Å². The Bertz CT molecular complexity index is 473. The van der Waals surface area contributed by atoms with E-state index in [0.717, 1.165) is 0 Å². The zero-order valence-corrected chi connectivity index (χ0v) is 10.6. The molecular weight excluding hydrogens is 244 g/mol. The third-order valence-corrected chi connectivity index (χ3v) is 3.57. The van der Waals surface area contributed by atoms with E-state index in [9.17, 15) is 8.42 Å². The van der Waals surface area contributed by atoms with Gasteiger partial charge in [-0.1, -0.05) is 0 Å². The van der Waals surface area contributed by atoms with Gasteiger partial charge in [-0.05, 0) is 12.1 Å². The van der Waals surface area contributed by atoms with Crippen molar-refractivity contribution in [2.45, 2.75) is 4.90 Å². The Morgan fingerprint density at radius 3 is 2.65 bits per heavy atom. The maximum atomic E-state index is 11.8. The zero-order chi connectivity index (χ0) is 12.9. The number of ether oxygens (including phenoxy) is 2.